The normalized spacial score (nSPS) is 17.2. The third kappa shape index (κ3) is 6.54. The summed E-state index contributed by atoms with van der Waals surface area (Å²) in [6.45, 7) is 2.32. The molecule has 0 aliphatic heterocycles. The van der Waals surface area contributed by atoms with E-state index in [9.17, 15) is 9.59 Å². The van der Waals surface area contributed by atoms with E-state index >= 15 is 0 Å². The molecule has 2 amide bonds. The standard InChI is InChI=1S/C27H31N3O5S/c1-17-8-10-19(11-9-17)35-15-25-28-24(16-36-25)27(32)30-23-7-5-4-6-22(23)29-26(31)18-12-20(33-2)14-21(13-18)34-3/h8-14,16,22-23H,4-7,15H2,1-3H3,(H,29,31)(H,30,32)/t22-,23+/m0/s1. The summed E-state index contributed by atoms with van der Waals surface area (Å²) in [4.78, 5) is 30.4. The lowest BCUT2D eigenvalue weighted by Crippen LogP contribution is -2.53. The Hall–Kier alpha value is -3.59. The van der Waals surface area contributed by atoms with E-state index in [4.69, 9.17) is 14.2 Å². The van der Waals surface area contributed by atoms with Gasteiger partial charge in [-0.05, 0) is 44.0 Å². The maximum Gasteiger partial charge on any atom is 0.271 e. The molecular weight excluding hydrogens is 478 g/mol. The zero-order chi connectivity index (χ0) is 25.5. The molecule has 0 saturated heterocycles. The first-order valence-corrected chi connectivity index (χ1v) is 12.8. The van der Waals surface area contributed by atoms with Crippen molar-refractivity contribution in [2.75, 3.05) is 14.2 Å². The second kappa shape index (κ2) is 11.9. The van der Waals surface area contributed by atoms with Gasteiger partial charge in [-0.15, -0.1) is 11.3 Å². The Morgan fingerprint density at radius 1 is 0.917 bits per heavy atom. The van der Waals surface area contributed by atoms with Gasteiger partial charge in [0, 0.05) is 29.1 Å². The number of aromatic nitrogens is 1. The third-order valence-corrected chi connectivity index (χ3v) is 7.00. The summed E-state index contributed by atoms with van der Waals surface area (Å²) in [5.41, 5.74) is 1.96. The number of carbonyl (C=O) groups is 2. The molecule has 0 spiro atoms. The van der Waals surface area contributed by atoms with Crippen molar-refractivity contribution in [2.45, 2.75) is 51.3 Å². The molecule has 1 aliphatic carbocycles. The van der Waals surface area contributed by atoms with Crippen LogP contribution in [0.4, 0.5) is 0 Å². The molecule has 190 valence electrons. The van der Waals surface area contributed by atoms with Gasteiger partial charge in [0.25, 0.3) is 11.8 Å². The Labute approximate surface area is 215 Å². The molecule has 4 rings (SSSR count). The lowest BCUT2D eigenvalue weighted by atomic mass is 9.90. The van der Waals surface area contributed by atoms with Crippen LogP contribution in [0.15, 0.2) is 47.8 Å². The summed E-state index contributed by atoms with van der Waals surface area (Å²) in [5, 5.41) is 8.63. The molecule has 9 heteroatoms. The number of nitrogens with one attached hydrogen (secondary N) is 2. The molecule has 2 N–H and O–H groups in total. The molecule has 2 aromatic carbocycles. The topological polar surface area (TPSA) is 98.8 Å². The number of amides is 2. The zero-order valence-electron chi connectivity index (χ0n) is 20.7. The quantitative estimate of drug-likeness (QED) is 0.440. The smallest absolute Gasteiger partial charge is 0.271 e. The van der Waals surface area contributed by atoms with E-state index in [1.54, 1.807) is 37.8 Å². The van der Waals surface area contributed by atoms with Crippen molar-refractivity contribution < 1.29 is 23.8 Å². The molecule has 8 nitrogen and oxygen atoms in total. The Kier molecular flexibility index (Phi) is 8.43. The highest BCUT2D eigenvalue weighted by molar-refractivity contribution is 7.09. The van der Waals surface area contributed by atoms with E-state index < -0.39 is 0 Å². The molecule has 0 bridgehead atoms. The summed E-state index contributed by atoms with van der Waals surface area (Å²) < 4.78 is 16.3. The average Bonchev–Trinajstić information content (AvgIpc) is 3.38. The number of hydrogen-bond acceptors (Lipinski definition) is 7. The molecule has 2 atom stereocenters. The minimum absolute atomic E-state index is 0.184. The number of methoxy groups -OCH3 is 2. The van der Waals surface area contributed by atoms with E-state index in [1.807, 2.05) is 31.2 Å². The van der Waals surface area contributed by atoms with Gasteiger partial charge in [-0.25, -0.2) is 4.98 Å². The highest BCUT2D eigenvalue weighted by Gasteiger charge is 2.29. The summed E-state index contributed by atoms with van der Waals surface area (Å²) in [6, 6.07) is 12.5. The molecule has 1 aromatic heterocycles. The fourth-order valence-corrected chi connectivity index (χ4v) is 4.86. The molecular formula is C27H31N3O5S. The van der Waals surface area contributed by atoms with Gasteiger partial charge in [0.2, 0.25) is 0 Å². The Bertz CT molecular complexity index is 1170. The lowest BCUT2D eigenvalue weighted by Gasteiger charge is -2.32. The minimum Gasteiger partial charge on any atom is -0.497 e. The van der Waals surface area contributed by atoms with Gasteiger partial charge in [0.1, 0.15) is 34.6 Å². The van der Waals surface area contributed by atoms with E-state index in [0.29, 0.717) is 29.4 Å². The first-order chi connectivity index (χ1) is 17.4. The van der Waals surface area contributed by atoms with Gasteiger partial charge < -0.3 is 24.8 Å². The van der Waals surface area contributed by atoms with Crippen LogP contribution in [-0.2, 0) is 6.61 Å². The first-order valence-electron chi connectivity index (χ1n) is 11.9. The number of benzene rings is 2. The van der Waals surface area contributed by atoms with Crippen LogP contribution in [0, 0.1) is 6.92 Å². The van der Waals surface area contributed by atoms with Crippen molar-refractivity contribution in [3.63, 3.8) is 0 Å². The molecule has 1 fully saturated rings. The molecule has 0 radical (unpaired) electrons. The fraction of sp³-hybridized carbons (Fsp3) is 0.370. The Morgan fingerprint density at radius 3 is 2.14 bits per heavy atom. The lowest BCUT2D eigenvalue weighted by molar-refractivity contribution is 0.0860. The highest BCUT2D eigenvalue weighted by Crippen LogP contribution is 2.24. The predicted molar refractivity (Wildman–Crippen MR) is 138 cm³/mol. The van der Waals surface area contributed by atoms with Crippen molar-refractivity contribution in [1.82, 2.24) is 15.6 Å². The number of nitrogens with zero attached hydrogens (tertiary/aromatic N) is 1. The summed E-state index contributed by atoms with van der Waals surface area (Å²) in [7, 11) is 3.09. The van der Waals surface area contributed by atoms with Crippen LogP contribution in [0.3, 0.4) is 0 Å². The number of aryl methyl sites for hydroxylation is 1. The number of hydrogen-bond donors (Lipinski definition) is 2. The van der Waals surface area contributed by atoms with E-state index in [-0.39, 0.29) is 23.9 Å². The van der Waals surface area contributed by atoms with Gasteiger partial charge in [0.05, 0.1) is 14.2 Å². The van der Waals surface area contributed by atoms with Gasteiger partial charge in [-0.3, -0.25) is 9.59 Å². The van der Waals surface area contributed by atoms with E-state index in [0.717, 1.165) is 42.0 Å². The number of carbonyl (C=O) groups excluding carboxylic acids is 2. The van der Waals surface area contributed by atoms with Crippen molar-refractivity contribution in [3.05, 3.63) is 69.7 Å². The Balaban J connectivity index is 1.36. The summed E-state index contributed by atoms with van der Waals surface area (Å²) in [6.07, 6.45) is 3.53. The SMILES string of the molecule is COc1cc(OC)cc(C(=O)N[C@H]2CCCC[C@H]2NC(=O)c2csc(COc3ccc(C)cc3)n2)c1. The largest absolute Gasteiger partial charge is 0.497 e. The number of ether oxygens (including phenoxy) is 3. The highest BCUT2D eigenvalue weighted by atomic mass is 32.1. The van der Waals surface area contributed by atoms with Crippen LogP contribution in [0.5, 0.6) is 17.2 Å². The van der Waals surface area contributed by atoms with Crippen LogP contribution in [0.1, 0.15) is 57.1 Å². The van der Waals surface area contributed by atoms with Crippen LogP contribution >= 0.6 is 11.3 Å². The van der Waals surface area contributed by atoms with Crippen molar-refractivity contribution >= 4 is 23.2 Å². The molecule has 3 aromatic rings. The summed E-state index contributed by atoms with van der Waals surface area (Å²) >= 11 is 1.39. The number of thiazole rings is 1. The van der Waals surface area contributed by atoms with Gasteiger partial charge in [0.15, 0.2) is 0 Å². The predicted octanol–water partition coefficient (Wildman–Crippen LogP) is 4.52. The van der Waals surface area contributed by atoms with Crippen LogP contribution in [0.2, 0.25) is 0 Å². The summed E-state index contributed by atoms with van der Waals surface area (Å²) in [5.74, 6) is 1.36. The van der Waals surface area contributed by atoms with Crippen LogP contribution < -0.4 is 24.8 Å². The fourth-order valence-electron chi connectivity index (χ4n) is 4.17. The van der Waals surface area contributed by atoms with Gasteiger partial charge in [-0.1, -0.05) is 30.5 Å². The average molecular weight is 510 g/mol. The first kappa shape index (κ1) is 25.5. The minimum atomic E-state index is -0.248. The van der Waals surface area contributed by atoms with E-state index in [1.165, 1.54) is 11.3 Å². The third-order valence-electron chi connectivity index (χ3n) is 6.18. The van der Waals surface area contributed by atoms with Crippen LogP contribution in [-0.4, -0.2) is 43.1 Å². The van der Waals surface area contributed by atoms with Crippen molar-refractivity contribution in [2.24, 2.45) is 0 Å². The second-order valence-electron chi connectivity index (χ2n) is 8.77. The maximum atomic E-state index is 13.0. The number of rotatable bonds is 9. The van der Waals surface area contributed by atoms with Crippen molar-refractivity contribution in [3.8, 4) is 17.2 Å². The molecule has 1 heterocycles. The molecule has 0 unspecified atom stereocenters. The van der Waals surface area contributed by atoms with Crippen molar-refractivity contribution in [1.29, 1.82) is 0 Å². The zero-order valence-corrected chi connectivity index (χ0v) is 21.5. The Morgan fingerprint density at radius 2 is 1.53 bits per heavy atom. The van der Waals surface area contributed by atoms with Crippen LogP contribution in [0.25, 0.3) is 0 Å². The van der Waals surface area contributed by atoms with Gasteiger partial charge in [-0.2, -0.15) is 0 Å². The molecule has 1 aliphatic rings. The molecule has 36 heavy (non-hydrogen) atoms. The van der Waals surface area contributed by atoms with E-state index in [2.05, 4.69) is 15.6 Å². The second-order valence-corrected chi connectivity index (χ2v) is 9.72. The molecule has 1 saturated carbocycles. The van der Waals surface area contributed by atoms with Gasteiger partial charge >= 0.3 is 0 Å². The maximum absolute atomic E-state index is 13.0. The monoisotopic (exact) mass is 509 g/mol.